The van der Waals surface area contributed by atoms with Crippen LogP contribution in [0.15, 0.2) is 24.3 Å². The quantitative estimate of drug-likeness (QED) is 0.620. The number of ether oxygens (including phenoxy) is 2. The van der Waals surface area contributed by atoms with Gasteiger partial charge in [0.25, 0.3) is 0 Å². The molecule has 1 saturated heterocycles. The molecule has 0 radical (unpaired) electrons. The van der Waals surface area contributed by atoms with Crippen molar-refractivity contribution in [2.24, 2.45) is 0 Å². The summed E-state index contributed by atoms with van der Waals surface area (Å²) < 4.78 is 10.6. The molecule has 2 rings (SSSR count). The van der Waals surface area contributed by atoms with E-state index in [0.29, 0.717) is 26.1 Å². The summed E-state index contributed by atoms with van der Waals surface area (Å²) in [6.45, 7) is 6.86. The van der Waals surface area contributed by atoms with Gasteiger partial charge >= 0.3 is 5.97 Å². The van der Waals surface area contributed by atoms with Crippen molar-refractivity contribution in [1.29, 1.82) is 0 Å². The minimum absolute atomic E-state index is 0.0260. The molecule has 1 aromatic rings. The fourth-order valence-corrected chi connectivity index (χ4v) is 2.85. The molecule has 0 aromatic heterocycles. The summed E-state index contributed by atoms with van der Waals surface area (Å²) >= 11 is 0. The van der Waals surface area contributed by atoms with Crippen molar-refractivity contribution in [3.8, 4) is 5.75 Å². The Balaban J connectivity index is 1.92. The average molecular weight is 391 g/mol. The van der Waals surface area contributed by atoms with Gasteiger partial charge in [0.2, 0.25) is 11.8 Å². The van der Waals surface area contributed by atoms with E-state index < -0.39 is 12.0 Å². The van der Waals surface area contributed by atoms with E-state index in [1.54, 1.807) is 0 Å². The van der Waals surface area contributed by atoms with Gasteiger partial charge in [-0.3, -0.25) is 14.4 Å². The summed E-state index contributed by atoms with van der Waals surface area (Å²) in [5.41, 5.74) is 0.768. The normalized spacial score (nSPS) is 16.5. The highest BCUT2D eigenvalue weighted by Crippen LogP contribution is 2.17. The Morgan fingerprint density at radius 1 is 1.29 bits per heavy atom. The molecule has 1 unspecified atom stereocenters. The minimum Gasteiger partial charge on any atom is -0.491 e. The maximum atomic E-state index is 12.6. The van der Waals surface area contributed by atoms with E-state index in [1.165, 1.54) is 4.90 Å². The van der Waals surface area contributed by atoms with Gasteiger partial charge in [0.1, 0.15) is 11.8 Å². The van der Waals surface area contributed by atoms with Crippen LogP contribution in [0.4, 0.5) is 5.69 Å². The highest BCUT2D eigenvalue weighted by atomic mass is 16.5. The molecule has 0 bridgehead atoms. The smallest absolute Gasteiger partial charge is 0.308 e. The lowest BCUT2D eigenvalue weighted by molar-refractivity contribution is -0.151. The third kappa shape index (κ3) is 6.44. The van der Waals surface area contributed by atoms with E-state index in [1.807, 2.05) is 45.0 Å². The van der Waals surface area contributed by atoms with E-state index in [0.717, 1.165) is 11.4 Å². The number of anilines is 1. The number of amides is 2. The summed E-state index contributed by atoms with van der Waals surface area (Å²) in [4.78, 5) is 38.2. The van der Waals surface area contributed by atoms with Crippen molar-refractivity contribution in [2.75, 3.05) is 31.6 Å². The largest absolute Gasteiger partial charge is 0.491 e. The third-order valence-electron chi connectivity index (χ3n) is 4.15. The number of hydrogen-bond donors (Lipinski definition) is 2. The topological polar surface area (TPSA) is 97.0 Å². The Morgan fingerprint density at radius 2 is 2.00 bits per heavy atom. The van der Waals surface area contributed by atoms with Crippen molar-refractivity contribution in [3.05, 3.63) is 24.3 Å². The second-order valence-electron chi connectivity index (χ2n) is 6.86. The summed E-state index contributed by atoms with van der Waals surface area (Å²) in [6, 6.07) is 6.47. The van der Waals surface area contributed by atoms with Crippen LogP contribution < -0.4 is 15.4 Å². The van der Waals surface area contributed by atoms with E-state index in [4.69, 9.17) is 9.47 Å². The molecule has 1 aliphatic heterocycles. The first-order valence-electron chi connectivity index (χ1n) is 9.64. The highest BCUT2D eigenvalue weighted by molar-refractivity contribution is 5.93. The van der Waals surface area contributed by atoms with Crippen molar-refractivity contribution >= 4 is 23.5 Å². The molecular formula is C20H29N3O5. The van der Waals surface area contributed by atoms with Gasteiger partial charge < -0.3 is 25.0 Å². The van der Waals surface area contributed by atoms with Gasteiger partial charge in [-0.05, 0) is 44.5 Å². The maximum absolute atomic E-state index is 12.6. The first kappa shape index (κ1) is 21.5. The van der Waals surface area contributed by atoms with E-state index in [-0.39, 0.29) is 30.9 Å². The number of nitrogens with zero attached hydrogens (tertiary/aromatic N) is 1. The summed E-state index contributed by atoms with van der Waals surface area (Å²) in [7, 11) is 0. The van der Waals surface area contributed by atoms with Crippen LogP contribution in [0.2, 0.25) is 0 Å². The fraction of sp³-hybridized carbons (Fsp3) is 0.550. The van der Waals surface area contributed by atoms with E-state index >= 15 is 0 Å². The predicted octanol–water partition coefficient (Wildman–Crippen LogP) is 1.56. The molecule has 28 heavy (non-hydrogen) atoms. The third-order valence-corrected chi connectivity index (χ3v) is 4.15. The van der Waals surface area contributed by atoms with Gasteiger partial charge in [-0.2, -0.15) is 0 Å². The number of nitrogens with one attached hydrogen (secondary N) is 2. The van der Waals surface area contributed by atoms with Crippen LogP contribution in [0.3, 0.4) is 0 Å². The Kier molecular flexibility index (Phi) is 8.10. The second-order valence-corrected chi connectivity index (χ2v) is 6.86. The second kappa shape index (κ2) is 10.5. The number of rotatable bonds is 9. The molecule has 1 fully saturated rings. The first-order chi connectivity index (χ1) is 13.4. The average Bonchev–Trinajstić information content (AvgIpc) is 2.66. The molecule has 1 aromatic carbocycles. The molecule has 0 spiro atoms. The Labute approximate surface area is 165 Å². The molecule has 0 saturated carbocycles. The molecule has 1 atom stereocenters. The molecule has 8 heteroatoms. The van der Waals surface area contributed by atoms with Gasteiger partial charge in [-0.25, -0.2) is 0 Å². The number of carbonyl (C=O) groups excluding carboxylic acids is 3. The number of piperazine rings is 1. The van der Waals surface area contributed by atoms with Crippen LogP contribution in [0.1, 0.15) is 33.6 Å². The summed E-state index contributed by atoms with van der Waals surface area (Å²) in [6.07, 6.45) is 0.654. The zero-order chi connectivity index (χ0) is 20.5. The fourth-order valence-electron chi connectivity index (χ4n) is 2.85. The van der Waals surface area contributed by atoms with Gasteiger partial charge in [0, 0.05) is 18.8 Å². The Hall–Kier alpha value is -2.77. The number of carbonyl (C=O) groups is 3. The van der Waals surface area contributed by atoms with Crippen LogP contribution in [-0.2, 0) is 19.1 Å². The van der Waals surface area contributed by atoms with Crippen LogP contribution in [0, 0.1) is 0 Å². The predicted molar refractivity (Wildman–Crippen MR) is 105 cm³/mol. The summed E-state index contributed by atoms with van der Waals surface area (Å²) in [5.74, 6) is -0.297. The molecule has 1 aliphatic rings. The maximum Gasteiger partial charge on any atom is 0.308 e. The number of hydrogen-bond acceptors (Lipinski definition) is 6. The summed E-state index contributed by atoms with van der Waals surface area (Å²) in [5, 5.41) is 5.75. The highest BCUT2D eigenvalue weighted by Gasteiger charge is 2.34. The lowest BCUT2D eigenvalue weighted by atomic mass is 10.1. The zero-order valence-electron chi connectivity index (χ0n) is 16.7. The molecule has 154 valence electrons. The number of esters is 1. The first-order valence-corrected chi connectivity index (χ1v) is 9.64. The van der Waals surface area contributed by atoms with Crippen molar-refractivity contribution < 1.29 is 23.9 Å². The minimum atomic E-state index is -0.839. The zero-order valence-corrected chi connectivity index (χ0v) is 16.7. The number of benzene rings is 1. The Morgan fingerprint density at radius 3 is 2.64 bits per heavy atom. The lowest BCUT2D eigenvalue weighted by Crippen LogP contribution is -2.58. The van der Waals surface area contributed by atoms with E-state index in [2.05, 4.69) is 10.6 Å². The SMILES string of the molecule is CCCOC(=O)CC1C(=O)NCCN1C(=O)CNc1ccc(OC(C)C)cc1. The molecule has 0 aliphatic carbocycles. The van der Waals surface area contributed by atoms with Crippen molar-refractivity contribution in [1.82, 2.24) is 10.2 Å². The van der Waals surface area contributed by atoms with Crippen LogP contribution in [0.25, 0.3) is 0 Å². The molecule has 2 amide bonds. The lowest BCUT2D eigenvalue weighted by Gasteiger charge is -2.34. The van der Waals surface area contributed by atoms with Gasteiger partial charge in [0.05, 0.1) is 25.7 Å². The standard InChI is InChI=1S/C20H29N3O5/c1-4-11-27-19(25)12-17-20(26)21-9-10-23(17)18(24)13-22-15-5-7-16(8-6-15)28-14(2)3/h5-8,14,17,22H,4,9-13H2,1-3H3,(H,21,26). The Bertz CT molecular complexity index is 675. The molecular weight excluding hydrogens is 362 g/mol. The van der Waals surface area contributed by atoms with E-state index in [9.17, 15) is 14.4 Å². The van der Waals surface area contributed by atoms with Gasteiger partial charge in [-0.15, -0.1) is 0 Å². The van der Waals surface area contributed by atoms with Gasteiger partial charge in [0.15, 0.2) is 0 Å². The monoisotopic (exact) mass is 391 g/mol. The van der Waals surface area contributed by atoms with Crippen molar-refractivity contribution in [3.63, 3.8) is 0 Å². The molecule has 8 nitrogen and oxygen atoms in total. The van der Waals surface area contributed by atoms with Crippen LogP contribution in [0.5, 0.6) is 5.75 Å². The molecule has 1 heterocycles. The van der Waals surface area contributed by atoms with Gasteiger partial charge in [-0.1, -0.05) is 6.92 Å². The van der Waals surface area contributed by atoms with Crippen molar-refractivity contribution in [2.45, 2.75) is 45.8 Å². The van der Waals surface area contributed by atoms with Crippen LogP contribution in [-0.4, -0.2) is 61.1 Å². The molecule has 2 N–H and O–H groups in total. The van der Waals surface area contributed by atoms with Crippen LogP contribution >= 0.6 is 0 Å².